The molecule has 2 aliphatic rings. The van der Waals surface area contributed by atoms with E-state index in [0.29, 0.717) is 11.3 Å². The summed E-state index contributed by atoms with van der Waals surface area (Å²) in [7, 11) is 0. The van der Waals surface area contributed by atoms with Gasteiger partial charge < -0.3 is 10.8 Å². The lowest BCUT2D eigenvalue weighted by Gasteiger charge is -2.47. The molecule has 8 nitrogen and oxygen atoms in total. The first kappa shape index (κ1) is 14.7. The first-order valence-corrected chi connectivity index (χ1v) is 5.79. The Morgan fingerprint density at radius 2 is 2.39 bits per heavy atom. The van der Waals surface area contributed by atoms with Crippen LogP contribution in [0.25, 0.3) is 10.4 Å². The molecule has 0 aliphatic carbocycles. The van der Waals surface area contributed by atoms with E-state index in [1.54, 1.807) is 0 Å². The summed E-state index contributed by atoms with van der Waals surface area (Å²) in [5.74, 6) is -1.19. The van der Waals surface area contributed by atoms with E-state index in [0.717, 1.165) is 0 Å². The number of rotatable bonds is 3. The number of carboxylic acid groups (broad SMARTS) is 1. The molecule has 1 fully saturated rings. The van der Waals surface area contributed by atoms with Crippen LogP contribution in [0.15, 0.2) is 16.4 Å². The molecule has 3 N–H and O–H groups in total. The SMILES string of the molecule is Cl.[N-]=[N+]=NCC1=C(C(=O)O)N2C(=O)C(N)[C@H]2SC1. The van der Waals surface area contributed by atoms with Gasteiger partial charge in [-0.1, -0.05) is 5.11 Å². The van der Waals surface area contributed by atoms with Crippen molar-refractivity contribution >= 4 is 36.0 Å². The van der Waals surface area contributed by atoms with Gasteiger partial charge in [-0.2, -0.15) is 0 Å². The zero-order valence-corrected chi connectivity index (χ0v) is 10.6. The van der Waals surface area contributed by atoms with Crippen molar-refractivity contribution in [3.63, 3.8) is 0 Å². The van der Waals surface area contributed by atoms with Crippen molar-refractivity contribution in [3.8, 4) is 0 Å². The number of fused-ring (bicyclic) bond motifs is 1. The topological polar surface area (TPSA) is 132 Å². The molecule has 2 heterocycles. The standard InChI is InChI=1S/C8H9N5O3S.ClH/c9-4-6(14)13-5(8(15)16)3(1-11-12-10)2-17-7(4)13;/h4,7H,1-2,9H2,(H,15,16);1H/t4?,7-;/m1./s1. The van der Waals surface area contributed by atoms with Gasteiger partial charge in [-0.25, -0.2) is 4.79 Å². The zero-order valence-electron chi connectivity index (χ0n) is 9.02. The van der Waals surface area contributed by atoms with Crippen LogP contribution in [0.3, 0.4) is 0 Å². The van der Waals surface area contributed by atoms with E-state index in [1.165, 1.54) is 16.7 Å². The summed E-state index contributed by atoms with van der Waals surface area (Å²) >= 11 is 1.38. The van der Waals surface area contributed by atoms with Crippen molar-refractivity contribution in [1.29, 1.82) is 0 Å². The number of carbonyl (C=O) groups is 2. The summed E-state index contributed by atoms with van der Waals surface area (Å²) in [6, 6.07) is -0.643. The van der Waals surface area contributed by atoms with E-state index in [9.17, 15) is 9.59 Å². The van der Waals surface area contributed by atoms with E-state index in [4.69, 9.17) is 16.4 Å². The summed E-state index contributed by atoms with van der Waals surface area (Å²) in [5, 5.41) is 12.1. The first-order chi connectivity index (χ1) is 8.07. The molecule has 10 heteroatoms. The van der Waals surface area contributed by atoms with Crippen LogP contribution in [0.2, 0.25) is 0 Å². The average molecular weight is 292 g/mol. The highest BCUT2D eigenvalue weighted by Crippen LogP contribution is 2.39. The predicted octanol–water partition coefficient (Wildman–Crippen LogP) is 0.300. The maximum Gasteiger partial charge on any atom is 0.352 e. The van der Waals surface area contributed by atoms with E-state index in [1.807, 2.05) is 0 Å². The molecule has 98 valence electrons. The summed E-state index contributed by atoms with van der Waals surface area (Å²) in [4.78, 5) is 26.4. The lowest BCUT2D eigenvalue weighted by molar-refractivity contribution is -0.147. The van der Waals surface area contributed by atoms with E-state index < -0.39 is 17.9 Å². The van der Waals surface area contributed by atoms with Crippen molar-refractivity contribution in [3.05, 3.63) is 21.7 Å². The Morgan fingerprint density at radius 1 is 1.72 bits per heavy atom. The van der Waals surface area contributed by atoms with Gasteiger partial charge in [-0.05, 0) is 11.1 Å². The van der Waals surface area contributed by atoms with Crippen LogP contribution in [0.5, 0.6) is 0 Å². The van der Waals surface area contributed by atoms with Gasteiger partial charge >= 0.3 is 5.97 Å². The Balaban J connectivity index is 0.00000162. The summed E-state index contributed by atoms with van der Waals surface area (Å²) in [5.41, 5.74) is 14.2. The lowest BCUT2D eigenvalue weighted by Crippen LogP contribution is -2.68. The highest BCUT2D eigenvalue weighted by atomic mass is 35.5. The number of halogens is 1. The van der Waals surface area contributed by atoms with Crippen molar-refractivity contribution in [1.82, 2.24) is 4.90 Å². The largest absolute Gasteiger partial charge is 0.477 e. The van der Waals surface area contributed by atoms with Crippen molar-refractivity contribution in [2.75, 3.05) is 12.3 Å². The highest BCUT2D eigenvalue weighted by Gasteiger charge is 2.51. The van der Waals surface area contributed by atoms with Gasteiger partial charge in [-0.15, -0.1) is 24.2 Å². The molecule has 2 atom stereocenters. The highest BCUT2D eigenvalue weighted by molar-refractivity contribution is 8.00. The number of hydrogen-bond acceptors (Lipinski definition) is 5. The van der Waals surface area contributed by atoms with Crippen molar-refractivity contribution in [2.45, 2.75) is 11.4 Å². The maximum absolute atomic E-state index is 11.5. The third kappa shape index (κ3) is 2.13. The fourth-order valence-electron chi connectivity index (χ4n) is 1.82. The average Bonchev–Trinajstić information content (AvgIpc) is 2.33. The predicted molar refractivity (Wildman–Crippen MR) is 67.0 cm³/mol. The maximum atomic E-state index is 11.5. The number of thioether (sulfide) groups is 1. The number of nitrogens with two attached hydrogens (primary N) is 1. The van der Waals surface area contributed by atoms with Crippen LogP contribution in [-0.2, 0) is 9.59 Å². The van der Waals surface area contributed by atoms with Crippen LogP contribution < -0.4 is 5.73 Å². The molecule has 0 spiro atoms. The Kier molecular flexibility index (Phi) is 4.47. The Labute approximate surface area is 112 Å². The van der Waals surface area contributed by atoms with Gasteiger partial charge in [0.2, 0.25) is 5.91 Å². The molecule has 1 unspecified atom stereocenters. The second-order valence-electron chi connectivity index (χ2n) is 3.58. The number of azide groups is 1. The summed E-state index contributed by atoms with van der Waals surface area (Å²) in [6.07, 6.45) is 0. The van der Waals surface area contributed by atoms with Gasteiger partial charge in [0.25, 0.3) is 0 Å². The number of β-lactam (4-membered cyclic amide) rings is 1. The number of nitrogens with zero attached hydrogens (tertiary/aromatic N) is 4. The van der Waals surface area contributed by atoms with Gasteiger partial charge in [0.05, 0.1) is 6.54 Å². The minimum atomic E-state index is -1.20. The second-order valence-corrected chi connectivity index (χ2v) is 4.69. The Hall–Kier alpha value is -1.41. The fourth-order valence-corrected chi connectivity index (χ4v) is 3.10. The number of hydrogen-bond donors (Lipinski definition) is 2. The minimum Gasteiger partial charge on any atom is -0.477 e. The van der Waals surface area contributed by atoms with E-state index in [-0.39, 0.29) is 30.0 Å². The number of carbonyl (C=O) groups excluding carboxylic acids is 1. The first-order valence-electron chi connectivity index (χ1n) is 4.74. The molecule has 0 aromatic carbocycles. The molecular formula is C8H10ClN5O3S. The molecule has 0 aromatic heterocycles. The van der Waals surface area contributed by atoms with Crippen LogP contribution in [0, 0.1) is 0 Å². The normalized spacial score (nSPS) is 25.6. The molecule has 0 saturated carbocycles. The van der Waals surface area contributed by atoms with Crippen LogP contribution in [-0.4, -0.2) is 45.6 Å². The van der Waals surface area contributed by atoms with Crippen molar-refractivity contribution in [2.24, 2.45) is 10.8 Å². The molecule has 0 radical (unpaired) electrons. The Morgan fingerprint density at radius 3 is 2.94 bits per heavy atom. The van der Waals surface area contributed by atoms with E-state index in [2.05, 4.69) is 10.0 Å². The van der Waals surface area contributed by atoms with Crippen LogP contribution in [0.4, 0.5) is 0 Å². The third-order valence-corrected chi connectivity index (χ3v) is 3.98. The van der Waals surface area contributed by atoms with E-state index >= 15 is 0 Å². The number of carboxylic acids is 1. The quantitative estimate of drug-likeness (QED) is 0.334. The molecular weight excluding hydrogens is 282 g/mol. The van der Waals surface area contributed by atoms with Gasteiger partial charge in [0.1, 0.15) is 17.1 Å². The molecule has 1 amide bonds. The minimum absolute atomic E-state index is 0. The smallest absolute Gasteiger partial charge is 0.352 e. The van der Waals surface area contributed by atoms with Gasteiger partial charge in [-0.3, -0.25) is 9.69 Å². The third-order valence-electron chi connectivity index (χ3n) is 2.62. The zero-order chi connectivity index (χ0) is 12.6. The van der Waals surface area contributed by atoms with Crippen molar-refractivity contribution < 1.29 is 14.7 Å². The molecule has 0 bridgehead atoms. The number of amides is 1. The van der Waals surface area contributed by atoms with Gasteiger partial charge in [0.15, 0.2) is 0 Å². The molecule has 1 saturated heterocycles. The van der Waals surface area contributed by atoms with Gasteiger partial charge in [0, 0.05) is 10.7 Å². The molecule has 0 aromatic rings. The molecule has 2 rings (SSSR count). The summed E-state index contributed by atoms with van der Waals surface area (Å²) < 4.78 is 0. The van der Waals surface area contributed by atoms with Crippen LogP contribution in [0.1, 0.15) is 0 Å². The monoisotopic (exact) mass is 291 g/mol. The molecule has 18 heavy (non-hydrogen) atoms. The second kappa shape index (κ2) is 5.49. The fraction of sp³-hybridized carbons (Fsp3) is 0.500. The summed E-state index contributed by atoms with van der Waals surface area (Å²) in [6.45, 7) is -0.0448. The number of aliphatic carboxylic acids is 1. The Bertz CT molecular complexity index is 475. The van der Waals surface area contributed by atoms with Crippen LogP contribution >= 0.6 is 24.2 Å². The lowest BCUT2D eigenvalue weighted by atomic mass is 10.0. The molecule has 2 aliphatic heterocycles.